The van der Waals surface area contributed by atoms with Crippen LogP contribution in [0, 0.1) is 0 Å². The molecule has 2 rings (SSSR count). The first-order valence-corrected chi connectivity index (χ1v) is 4.56. The summed E-state index contributed by atoms with van der Waals surface area (Å²) in [6.07, 6.45) is 3.30. The number of furan rings is 1. The van der Waals surface area contributed by atoms with Crippen LogP contribution in [0.5, 0.6) is 0 Å². The highest BCUT2D eigenvalue weighted by atomic mass is 16.3. The van der Waals surface area contributed by atoms with E-state index < -0.39 is 0 Å². The summed E-state index contributed by atoms with van der Waals surface area (Å²) in [5.74, 6) is 0.520. The topological polar surface area (TPSA) is 60.1 Å². The average molecular weight is 205 g/mol. The molecule has 0 radical (unpaired) electrons. The first kappa shape index (κ1) is 9.51. The van der Waals surface area contributed by atoms with E-state index in [0.29, 0.717) is 12.2 Å². The maximum atomic E-state index is 11.5. The standard InChI is InChI=1S/C10H11N3O2/c1-13-5-4-9(12-13)10(14)11-7-8-3-2-6-15-8/h2-6H,7H2,1H3,(H,11,14). The normalized spacial score (nSPS) is 10.2. The molecule has 0 aliphatic carbocycles. The van der Waals surface area contributed by atoms with E-state index in [9.17, 15) is 4.79 Å². The minimum absolute atomic E-state index is 0.202. The van der Waals surface area contributed by atoms with Crippen LogP contribution in [0.1, 0.15) is 16.2 Å². The number of aromatic nitrogens is 2. The number of nitrogens with zero attached hydrogens (tertiary/aromatic N) is 2. The molecule has 0 unspecified atom stereocenters. The summed E-state index contributed by atoms with van der Waals surface area (Å²) in [6.45, 7) is 0.377. The summed E-state index contributed by atoms with van der Waals surface area (Å²) in [5, 5.41) is 6.69. The number of aryl methyl sites for hydroxylation is 1. The minimum atomic E-state index is -0.202. The van der Waals surface area contributed by atoms with Gasteiger partial charge in [-0.05, 0) is 18.2 Å². The van der Waals surface area contributed by atoms with E-state index in [0.717, 1.165) is 5.76 Å². The van der Waals surface area contributed by atoms with E-state index in [4.69, 9.17) is 4.42 Å². The molecular formula is C10H11N3O2. The van der Waals surface area contributed by atoms with Gasteiger partial charge in [-0.1, -0.05) is 0 Å². The van der Waals surface area contributed by atoms with Crippen LogP contribution in [0.2, 0.25) is 0 Å². The molecule has 2 aromatic heterocycles. The van der Waals surface area contributed by atoms with Crippen LogP contribution >= 0.6 is 0 Å². The van der Waals surface area contributed by atoms with Crippen molar-refractivity contribution in [2.24, 2.45) is 7.05 Å². The molecule has 0 aromatic carbocycles. The van der Waals surface area contributed by atoms with Crippen molar-refractivity contribution in [1.82, 2.24) is 15.1 Å². The number of hydrogen-bond acceptors (Lipinski definition) is 3. The van der Waals surface area contributed by atoms with Gasteiger partial charge in [0.1, 0.15) is 11.5 Å². The van der Waals surface area contributed by atoms with Crippen LogP contribution in [-0.2, 0) is 13.6 Å². The van der Waals surface area contributed by atoms with Gasteiger partial charge >= 0.3 is 0 Å². The van der Waals surface area contributed by atoms with E-state index in [1.54, 1.807) is 42.4 Å². The van der Waals surface area contributed by atoms with Crippen molar-refractivity contribution in [2.75, 3.05) is 0 Å². The first-order valence-electron chi connectivity index (χ1n) is 4.56. The Morgan fingerprint density at radius 3 is 3.07 bits per heavy atom. The summed E-state index contributed by atoms with van der Waals surface area (Å²) in [4.78, 5) is 11.5. The quantitative estimate of drug-likeness (QED) is 0.811. The van der Waals surface area contributed by atoms with Crippen LogP contribution in [0.15, 0.2) is 35.1 Å². The molecule has 0 spiro atoms. The van der Waals surface area contributed by atoms with Gasteiger partial charge in [0, 0.05) is 13.2 Å². The van der Waals surface area contributed by atoms with Crippen LogP contribution in [-0.4, -0.2) is 15.7 Å². The highest BCUT2D eigenvalue weighted by molar-refractivity contribution is 5.91. The third-order valence-corrected chi connectivity index (χ3v) is 1.95. The second-order valence-electron chi connectivity index (χ2n) is 3.14. The van der Waals surface area contributed by atoms with E-state index in [1.165, 1.54) is 0 Å². The summed E-state index contributed by atoms with van der Waals surface area (Å²) in [5.41, 5.74) is 0.407. The summed E-state index contributed by atoms with van der Waals surface area (Å²) in [6, 6.07) is 5.25. The van der Waals surface area contributed by atoms with Crippen molar-refractivity contribution < 1.29 is 9.21 Å². The van der Waals surface area contributed by atoms with Crippen LogP contribution in [0.25, 0.3) is 0 Å². The third kappa shape index (κ3) is 2.25. The monoisotopic (exact) mass is 205 g/mol. The van der Waals surface area contributed by atoms with Gasteiger partial charge in [0.05, 0.1) is 12.8 Å². The lowest BCUT2D eigenvalue weighted by atomic mass is 10.4. The molecule has 2 aromatic rings. The molecule has 0 aliphatic heterocycles. The number of hydrogen-bond donors (Lipinski definition) is 1. The van der Waals surface area contributed by atoms with Gasteiger partial charge in [-0.25, -0.2) is 0 Å². The Hall–Kier alpha value is -2.04. The zero-order valence-corrected chi connectivity index (χ0v) is 8.30. The van der Waals surface area contributed by atoms with Crippen LogP contribution in [0.3, 0.4) is 0 Å². The highest BCUT2D eigenvalue weighted by Crippen LogP contribution is 2.00. The Labute approximate surface area is 86.7 Å². The molecule has 0 bridgehead atoms. The number of rotatable bonds is 3. The summed E-state index contributed by atoms with van der Waals surface area (Å²) in [7, 11) is 1.77. The van der Waals surface area contributed by atoms with E-state index in [1.807, 2.05) is 0 Å². The van der Waals surface area contributed by atoms with Crippen LogP contribution in [0.4, 0.5) is 0 Å². The van der Waals surface area contributed by atoms with Gasteiger partial charge in [-0.2, -0.15) is 5.10 Å². The number of nitrogens with one attached hydrogen (secondary N) is 1. The van der Waals surface area contributed by atoms with Crippen molar-refractivity contribution in [3.05, 3.63) is 42.1 Å². The van der Waals surface area contributed by atoms with Gasteiger partial charge in [0.15, 0.2) is 0 Å². The van der Waals surface area contributed by atoms with Crippen molar-refractivity contribution in [3.8, 4) is 0 Å². The van der Waals surface area contributed by atoms with Gasteiger partial charge in [0.2, 0.25) is 0 Å². The number of carbonyl (C=O) groups is 1. The Morgan fingerprint density at radius 2 is 2.47 bits per heavy atom. The zero-order valence-electron chi connectivity index (χ0n) is 8.30. The maximum Gasteiger partial charge on any atom is 0.272 e. The highest BCUT2D eigenvalue weighted by Gasteiger charge is 2.08. The number of amides is 1. The Bertz CT molecular complexity index is 445. The SMILES string of the molecule is Cn1ccc(C(=O)NCc2ccco2)n1. The van der Waals surface area contributed by atoms with E-state index in [-0.39, 0.29) is 5.91 Å². The fourth-order valence-corrected chi connectivity index (χ4v) is 1.21. The molecule has 0 atom stereocenters. The second-order valence-corrected chi connectivity index (χ2v) is 3.14. The molecule has 1 amide bonds. The van der Waals surface area contributed by atoms with E-state index in [2.05, 4.69) is 10.4 Å². The molecule has 0 saturated carbocycles. The smallest absolute Gasteiger partial charge is 0.272 e. The lowest BCUT2D eigenvalue weighted by molar-refractivity contribution is 0.0942. The molecule has 5 nitrogen and oxygen atoms in total. The van der Waals surface area contributed by atoms with Crippen molar-refractivity contribution in [3.63, 3.8) is 0 Å². The van der Waals surface area contributed by atoms with Gasteiger partial charge in [0.25, 0.3) is 5.91 Å². The fraction of sp³-hybridized carbons (Fsp3) is 0.200. The summed E-state index contributed by atoms with van der Waals surface area (Å²) >= 11 is 0. The Morgan fingerprint density at radius 1 is 1.60 bits per heavy atom. The van der Waals surface area contributed by atoms with Gasteiger partial charge in [-0.3, -0.25) is 9.48 Å². The molecule has 2 heterocycles. The predicted octanol–water partition coefficient (Wildman–Crippen LogP) is 0.943. The molecule has 15 heavy (non-hydrogen) atoms. The van der Waals surface area contributed by atoms with Crippen molar-refractivity contribution in [2.45, 2.75) is 6.54 Å². The fourth-order valence-electron chi connectivity index (χ4n) is 1.21. The molecule has 0 fully saturated rings. The Balaban J connectivity index is 1.93. The lowest BCUT2D eigenvalue weighted by Crippen LogP contribution is -2.23. The largest absolute Gasteiger partial charge is 0.467 e. The molecule has 0 saturated heterocycles. The van der Waals surface area contributed by atoms with Crippen molar-refractivity contribution >= 4 is 5.91 Å². The molecule has 0 aliphatic rings. The summed E-state index contributed by atoms with van der Waals surface area (Å²) < 4.78 is 6.67. The van der Waals surface area contributed by atoms with Gasteiger partial charge < -0.3 is 9.73 Å². The van der Waals surface area contributed by atoms with Crippen LogP contribution < -0.4 is 5.32 Å². The lowest BCUT2D eigenvalue weighted by Gasteiger charge is -1.99. The molecule has 5 heteroatoms. The minimum Gasteiger partial charge on any atom is -0.467 e. The molecule has 1 N–H and O–H groups in total. The third-order valence-electron chi connectivity index (χ3n) is 1.95. The molecular weight excluding hydrogens is 194 g/mol. The predicted molar refractivity (Wildman–Crippen MR) is 53.1 cm³/mol. The molecule has 78 valence electrons. The van der Waals surface area contributed by atoms with Gasteiger partial charge in [-0.15, -0.1) is 0 Å². The maximum absolute atomic E-state index is 11.5. The zero-order chi connectivity index (χ0) is 10.7. The first-order chi connectivity index (χ1) is 7.25. The Kier molecular flexibility index (Phi) is 2.53. The second kappa shape index (κ2) is 4.00. The van der Waals surface area contributed by atoms with Crippen molar-refractivity contribution in [1.29, 1.82) is 0 Å². The number of carbonyl (C=O) groups excluding carboxylic acids is 1. The average Bonchev–Trinajstić information content (AvgIpc) is 2.84. The van der Waals surface area contributed by atoms with E-state index >= 15 is 0 Å².